The second-order valence-corrected chi connectivity index (χ2v) is 12.0. The Kier molecular flexibility index (Phi) is 4.22. The molecule has 2 unspecified atom stereocenters. The molecule has 6 rings (SSSR count). The van der Waals surface area contributed by atoms with Crippen LogP contribution in [0.25, 0.3) is 0 Å². The predicted octanol–water partition coefficient (Wildman–Crippen LogP) is 3.74. The standard InChI is InChI=1S/C24H41N3/c1-18-12-24(13-18)4-8-26(9-5-24)21-10-19-16-27(17-20(19)11-21)22-14-23(15-22)2-6-25-7-3-23/h18-22,25H,2-17H2,1H3. The molecule has 0 aromatic carbocycles. The van der Waals surface area contributed by atoms with Gasteiger partial charge in [0.2, 0.25) is 0 Å². The molecule has 3 heterocycles. The minimum Gasteiger partial charge on any atom is -0.317 e. The van der Waals surface area contributed by atoms with Crippen LogP contribution in [0.2, 0.25) is 0 Å². The fourth-order valence-electron chi connectivity index (χ4n) is 8.65. The first-order valence-corrected chi connectivity index (χ1v) is 12.3. The molecular formula is C24H41N3. The monoisotopic (exact) mass is 371 g/mol. The lowest BCUT2D eigenvalue weighted by Crippen LogP contribution is -2.54. The summed E-state index contributed by atoms with van der Waals surface area (Å²) in [6.45, 7) is 10.7. The molecule has 6 aliphatic rings. The van der Waals surface area contributed by atoms with Crippen LogP contribution in [-0.2, 0) is 0 Å². The van der Waals surface area contributed by atoms with E-state index in [1.807, 2.05) is 0 Å². The van der Waals surface area contributed by atoms with Crippen molar-refractivity contribution in [1.29, 1.82) is 0 Å². The molecule has 6 fully saturated rings. The summed E-state index contributed by atoms with van der Waals surface area (Å²) in [4.78, 5) is 5.85. The third-order valence-electron chi connectivity index (χ3n) is 10.2. The summed E-state index contributed by atoms with van der Waals surface area (Å²) in [6, 6.07) is 1.89. The highest BCUT2D eigenvalue weighted by Gasteiger charge is 2.52. The van der Waals surface area contributed by atoms with Crippen molar-refractivity contribution in [3.63, 3.8) is 0 Å². The first kappa shape index (κ1) is 17.7. The Balaban J connectivity index is 0.982. The van der Waals surface area contributed by atoms with Crippen LogP contribution in [0.1, 0.15) is 71.1 Å². The molecular weight excluding hydrogens is 330 g/mol. The second-order valence-electron chi connectivity index (χ2n) is 12.0. The van der Waals surface area contributed by atoms with Crippen LogP contribution in [0.4, 0.5) is 0 Å². The van der Waals surface area contributed by atoms with Gasteiger partial charge < -0.3 is 10.2 Å². The normalized spacial score (nSPS) is 44.3. The van der Waals surface area contributed by atoms with Crippen molar-refractivity contribution in [1.82, 2.24) is 15.1 Å². The van der Waals surface area contributed by atoms with Crippen molar-refractivity contribution in [2.24, 2.45) is 28.6 Å². The highest BCUT2D eigenvalue weighted by atomic mass is 15.2. The first-order valence-electron chi connectivity index (χ1n) is 12.3. The Morgan fingerprint density at radius 1 is 0.704 bits per heavy atom. The summed E-state index contributed by atoms with van der Waals surface area (Å²) in [5.41, 5.74) is 1.54. The summed E-state index contributed by atoms with van der Waals surface area (Å²) < 4.78 is 0. The Hall–Kier alpha value is -0.120. The van der Waals surface area contributed by atoms with Gasteiger partial charge in [-0.2, -0.15) is 0 Å². The predicted molar refractivity (Wildman–Crippen MR) is 111 cm³/mol. The number of fused-ring (bicyclic) bond motifs is 1. The SMILES string of the molecule is CC1CC2(CCN(C3CC4CN(C5CC6(CCNCC6)C5)CC4C3)CC2)C1. The van der Waals surface area contributed by atoms with Crippen LogP contribution in [0.3, 0.4) is 0 Å². The quantitative estimate of drug-likeness (QED) is 0.798. The maximum absolute atomic E-state index is 3.56. The summed E-state index contributed by atoms with van der Waals surface area (Å²) in [5.74, 6) is 3.07. The van der Waals surface area contributed by atoms with E-state index >= 15 is 0 Å². The highest BCUT2D eigenvalue weighted by molar-refractivity contribution is 5.05. The van der Waals surface area contributed by atoms with Gasteiger partial charge in [-0.25, -0.2) is 0 Å². The molecule has 0 aromatic heterocycles. The molecule has 3 aliphatic carbocycles. The van der Waals surface area contributed by atoms with E-state index in [1.165, 1.54) is 103 Å². The number of likely N-dealkylation sites (tertiary alicyclic amines) is 2. The van der Waals surface area contributed by atoms with Crippen LogP contribution in [0, 0.1) is 28.6 Å². The fourth-order valence-corrected chi connectivity index (χ4v) is 8.65. The van der Waals surface area contributed by atoms with E-state index in [0.29, 0.717) is 0 Å². The van der Waals surface area contributed by atoms with Gasteiger partial charge in [0.25, 0.3) is 0 Å². The van der Waals surface area contributed by atoms with Crippen molar-refractivity contribution < 1.29 is 0 Å². The second kappa shape index (κ2) is 6.44. The van der Waals surface area contributed by atoms with Crippen molar-refractivity contribution >= 4 is 0 Å². The number of nitrogens with one attached hydrogen (secondary N) is 1. The number of rotatable bonds is 2. The number of hydrogen-bond acceptors (Lipinski definition) is 3. The Morgan fingerprint density at radius 3 is 1.89 bits per heavy atom. The van der Waals surface area contributed by atoms with Crippen LogP contribution in [0.5, 0.6) is 0 Å². The molecule has 2 spiro atoms. The van der Waals surface area contributed by atoms with E-state index in [1.54, 1.807) is 0 Å². The zero-order valence-electron chi connectivity index (χ0n) is 17.6. The molecule has 152 valence electrons. The van der Waals surface area contributed by atoms with E-state index in [4.69, 9.17) is 0 Å². The summed E-state index contributed by atoms with van der Waals surface area (Å²) in [5, 5.41) is 3.56. The van der Waals surface area contributed by atoms with Crippen molar-refractivity contribution in [2.75, 3.05) is 39.3 Å². The minimum absolute atomic E-state index is 0.749. The third-order valence-corrected chi connectivity index (χ3v) is 10.2. The van der Waals surface area contributed by atoms with E-state index in [0.717, 1.165) is 40.7 Å². The molecule has 1 N–H and O–H groups in total. The van der Waals surface area contributed by atoms with Crippen LogP contribution < -0.4 is 5.32 Å². The lowest BCUT2D eigenvalue weighted by Gasteiger charge is -2.53. The van der Waals surface area contributed by atoms with Gasteiger partial charge in [-0.1, -0.05) is 6.92 Å². The first-order chi connectivity index (χ1) is 13.1. The maximum Gasteiger partial charge on any atom is 0.0106 e. The number of hydrogen-bond donors (Lipinski definition) is 1. The Labute approximate surface area is 166 Å². The summed E-state index contributed by atoms with van der Waals surface area (Å²) in [6.07, 6.45) is 15.0. The van der Waals surface area contributed by atoms with Gasteiger partial charge >= 0.3 is 0 Å². The zero-order valence-corrected chi connectivity index (χ0v) is 17.6. The molecule has 2 atom stereocenters. The van der Waals surface area contributed by atoms with E-state index in [2.05, 4.69) is 22.0 Å². The topological polar surface area (TPSA) is 18.5 Å². The van der Waals surface area contributed by atoms with Gasteiger partial charge in [0, 0.05) is 25.2 Å². The Morgan fingerprint density at radius 2 is 1.30 bits per heavy atom. The third kappa shape index (κ3) is 3.02. The van der Waals surface area contributed by atoms with Gasteiger partial charge in [-0.05, 0) is 119 Å². The molecule has 27 heavy (non-hydrogen) atoms. The van der Waals surface area contributed by atoms with E-state index < -0.39 is 0 Å². The molecule has 0 aromatic rings. The van der Waals surface area contributed by atoms with E-state index in [9.17, 15) is 0 Å². The van der Waals surface area contributed by atoms with Gasteiger partial charge in [0.05, 0.1) is 0 Å². The highest BCUT2D eigenvalue weighted by Crippen LogP contribution is 2.54. The van der Waals surface area contributed by atoms with Crippen molar-refractivity contribution in [2.45, 2.75) is 83.2 Å². The molecule has 3 heteroatoms. The van der Waals surface area contributed by atoms with Gasteiger partial charge in [-0.3, -0.25) is 4.90 Å². The largest absolute Gasteiger partial charge is 0.317 e. The molecule has 3 saturated heterocycles. The lowest BCUT2D eigenvalue weighted by atomic mass is 9.58. The van der Waals surface area contributed by atoms with Gasteiger partial charge in [0.1, 0.15) is 0 Å². The number of piperidine rings is 2. The molecule has 3 saturated carbocycles. The fraction of sp³-hybridized carbons (Fsp3) is 1.00. The molecule has 0 bridgehead atoms. The van der Waals surface area contributed by atoms with Crippen molar-refractivity contribution in [3.05, 3.63) is 0 Å². The average molecular weight is 372 g/mol. The summed E-state index contributed by atoms with van der Waals surface area (Å²) >= 11 is 0. The molecule has 0 amide bonds. The smallest absolute Gasteiger partial charge is 0.0106 e. The summed E-state index contributed by atoms with van der Waals surface area (Å²) in [7, 11) is 0. The molecule has 3 aliphatic heterocycles. The molecule has 0 radical (unpaired) electrons. The molecule has 3 nitrogen and oxygen atoms in total. The number of nitrogens with zero attached hydrogens (tertiary/aromatic N) is 2. The minimum atomic E-state index is 0.749. The zero-order chi connectivity index (χ0) is 18.1. The van der Waals surface area contributed by atoms with Crippen LogP contribution in [0.15, 0.2) is 0 Å². The van der Waals surface area contributed by atoms with Gasteiger partial charge in [-0.15, -0.1) is 0 Å². The van der Waals surface area contributed by atoms with E-state index in [-0.39, 0.29) is 0 Å². The van der Waals surface area contributed by atoms with Crippen molar-refractivity contribution in [3.8, 4) is 0 Å². The average Bonchev–Trinajstić information content (AvgIpc) is 3.19. The van der Waals surface area contributed by atoms with Crippen LogP contribution in [-0.4, -0.2) is 61.2 Å². The van der Waals surface area contributed by atoms with Crippen LogP contribution >= 0.6 is 0 Å². The maximum atomic E-state index is 3.56. The van der Waals surface area contributed by atoms with Gasteiger partial charge in [0.15, 0.2) is 0 Å². The Bertz CT molecular complexity index is 530. The lowest BCUT2D eigenvalue weighted by molar-refractivity contribution is -0.0240.